The van der Waals surface area contributed by atoms with Gasteiger partial charge in [0.05, 0.1) is 24.3 Å². The maximum atomic E-state index is 13.1. The number of aliphatic carboxylic acids is 2. The molecule has 3 rings (SSSR count). The van der Waals surface area contributed by atoms with Crippen LogP contribution in [0.4, 0.5) is 26.3 Å². The average molecular weight is 728 g/mol. The van der Waals surface area contributed by atoms with E-state index in [0.717, 1.165) is 22.0 Å². The third kappa shape index (κ3) is 14.7. The van der Waals surface area contributed by atoms with Gasteiger partial charge < -0.3 is 35.7 Å². The summed E-state index contributed by atoms with van der Waals surface area (Å²) in [5.74, 6) is -6.07. The van der Waals surface area contributed by atoms with Crippen molar-refractivity contribution in [2.75, 3.05) is 13.7 Å². The number of amides is 1. The van der Waals surface area contributed by atoms with Gasteiger partial charge in [0.15, 0.2) is 0 Å². The lowest BCUT2D eigenvalue weighted by molar-refractivity contribution is -0.193. The molecule has 1 heterocycles. The number of methoxy groups -OCH3 is 1. The summed E-state index contributed by atoms with van der Waals surface area (Å²) in [6.45, 7) is 6.42. The molecule has 3 atom stereocenters. The average Bonchev–Trinajstić information content (AvgIpc) is 3.41. The smallest absolute Gasteiger partial charge is 0.475 e. The molecule has 49 heavy (non-hydrogen) atoms. The number of benzene rings is 2. The number of carboxylic acids is 2. The van der Waals surface area contributed by atoms with Crippen LogP contribution in [0.1, 0.15) is 54.8 Å². The highest BCUT2D eigenvalue weighted by Gasteiger charge is 2.39. The number of hydrogen-bond acceptors (Lipinski definition) is 7. The molecule has 1 unspecified atom stereocenters. The number of hydrogen-bond donors (Lipinski definition) is 6. The third-order valence-corrected chi connectivity index (χ3v) is 6.68. The molecule has 0 bridgehead atoms. The first-order valence-corrected chi connectivity index (χ1v) is 14.7. The lowest BCUT2D eigenvalue weighted by Crippen LogP contribution is -2.42. The van der Waals surface area contributed by atoms with Crippen LogP contribution in [-0.2, 0) is 25.5 Å². The molecule has 0 aliphatic heterocycles. The van der Waals surface area contributed by atoms with Gasteiger partial charge in [0.1, 0.15) is 6.04 Å². The summed E-state index contributed by atoms with van der Waals surface area (Å²) in [4.78, 5) is 46.2. The summed E-state index contributed by atoms with van der Waals surface area (Å²) >= 11 is 6.02. The number of H-pyrrole nitrogens is 1. The second-order valence-corrected chi connectivity index (χ2v) is 11.3. The Morgan fingerprint density at radius 1 is 0.939 bits per heavy atom. The Hall–Kier alpha value is -4.35. The summed E-state index contributed by atoms with van der Waals surface area (Å²) in [7, 11) is 1.32. The van der Waals surface area contributed by atoms with E-state index >= 15 is 0 Å². The number of rotatable bonds is 11. The van der Waals surface area contributed by atoms with Crippen molar-refractivity contribution in [3.05, 3.63) is 70.4 Å². The fraction of sp³-hybridized carbons (Fsp3) is 0.419. The number of fused-ring (bicyclic) bond motifs is 1. The number of aromatic amines is 1. The highest BCUT2D eigenvalue weighted by Crippen LogP contribution is 2.24. The fourth-order valence-corrected chi connectivity index (χ4v) is 4.38. The van der Waals surface area contributed by atoms with Crippen molar-refractivity contribution in [1.29, 1.82) is 0 Å². The van der Waals surface area contributed by atoms with Crippen LogP contribution in [0.2, 0.25) is 5.02 Å². The number of carboxylic acid groups (broad SMARTS) is 2. The second-order valence-electron chi connectivity index (χ2n) is 10.9. The van der Waals surface area contributed by atoms with Gasteiger partial charge in [0.25, 0.3) is 5.91 Å². The maximum Gasteiger partial charge on any atom is 0.490 e. The molecule has 0 saturated heterocycles. The Bertz CT molecular complexity index is 1540. The van der Waals surface area contributed by atoms with Gasteiger partial charge >= 0.3 is 30.3 Å². The lowest BCUT2D eigenvalue weighted by Gasteiger charge is -2.18. The van der Waals surface area contributed by atoms with E-state index in [9.17, 15) is 41.0 Å². The van der Waals surface area contributed by atoms with Crippen LogP contribution in [0.15, 0.2) is 48.7 Å². The molecule has 0 fully saturated rings. The van der Waals surface area contributed by atoms with Crippen molar-refractivity contribution in [3.63, 3.8) is 0 Å². The number of carbonyl (C=O) groups excluding carboxylic acids is 2. The van der Waals surface area contributed by atoms with Crippen LogP contribution >= 0.6 is 11.6 Å². The molecule has 272 valence electrons. The molecule has 0 aliphatic carbocycles. The van der Waals surface area contributed by atoms with Crippen LogP contribution in [0, 0.1) is 5.92 Å². The summed E-state index contributed by atoms with van der Waals surface area (Å²) in [5.41, 5.74) is 3.02. The standard InChI is InChI=1S/C27H34ClN3O4.2C2HF3O2/c1-16(2)11-23(27(34)35-4)31-26(33)22-10-6-9-21-19(14-30-25(21)22)12-17(3)29-15-24(32)18-7-5-8-20(28)13-18;2*3-2(4,5)1(6)7/h5-10,13-14,16-17,23-24,29-30,32H,11-12,15H2,1-4H3,(H,31,33);2*(H,6,7)/t17?,23-,24-;;/m0../s1. The van der Waals surface area contributed by atoms with E-state index in [1.807, 2.05) is 51.2 Å². The summed E-state index contributed by atoms with van der Waals surface area (Å²) in [6, 6.07) is 12.1. The second kappa shape index (κ2) is 19.0. The number of alkyl halides is 6. The predicted octanol–water partition coefficient (Wildman–Crippen LogP) is 5.66. The van der Waals surface area contributed by atoms with Crippen molar-refractivity contribution in [2.45, 2.75) is 64.2 Å². The first kappa shape index (κ1) is 42.7. The topological polar surface area (TPSA) is 178 Å². The van der Waals surface area contributed by atoms with Crippen LogP contribution in [0.5, 0.6) is 0 Å². The number of esters is 1. The van der Waals surface area contributed by atoms with Crippen molar-refractivity contribution in [3.8, 4) is 0 Å². The van der Waals surface area contributed by atoms with E-state index in [0.29, 0.717) is 30.0 Å². The van der Waals surface area contributed by atoms with Crippen LogP contribution in [0.3, 0.4) is 0 Å². The van der Waals surface area contributed by atoms with E-state index in [-0.39, 0.29) is 17.9 Å². The van der Waals surface area contributed by atoms with Gasteiger partial charge in [-0.3, -0.25) is 4.79 Å². The highest BCUT2D eigenvalue weighted by atomic mass is 35.5. The number of aliphatic hydroxyl groups excluding tert-OH is 1. The molecular weight excluding hydrogens is 692 g/mol. The quantitative estimate of drug-likeness (QED) is 0.107. The zero-order valence-corrected chi connectivity index (χ0v) is 27.3. The molecule has 1 amide bonds. The van der Waals surface area contributed by atoms with Crippen LogP contribution < -0.4 is 10.6 Å². The number of aromatic nitrogens is 1. The minimum Gasteiger partial charge on any atom is -0.475 e. The Morgan fingerprint density at radius 2 is 1.49 bits per heavy atom. The molecule has 2 aromatic carbocycles. The van der Waals surface area contributed by atoms with Crippen LogP contribution in [0.25, 0.3) is 10.9 Å². The molecule has 0 radical (unpaired) electrons. The van der Waals surface area contributed by atoms with Crippen molar-refractivity contribution >= 4 is 46.3 Å². The summed E-state index contributed by atoms with van der Waals surface area (Å²) < 4.78 is 68.3. The minimum absolute atomic E-state index is 0.0788. The number of ether oxygens (including phenoxy) is 1. The molecule has 11 nitrogen and oxygen atoms in total. The summed E-state index contributed by atoms with van der Waals surface area (Å²) in [5, 5.41) is 32.4. The number of para-hydroxylation sites is 1. The van der Waals surface area contributed by atoms with Gasteiger partial charge in [-0.25, -0.2) is 14.4 Å². The zero-order chi connectivity index (χ0) is 37.7. The Labute approximate surface area is 281 Å². The van der Waals surface area contributed by atoms with E-state index in [1.165, 1.54) is 7.11 Å². The van der Waals surface area contributed by atoms with Crippen molar-refractivity contribution < 1.29 is 65.6 Å². The molecule has 18 heteroatoms. The van der Waals surface area contributed by atoms with Gasteiger partial charge in [0.2, 0.25) is 0 Å². The lowest BCUT2D eigenvalue weighted by atomic mass is 10.0. The van der Waals surface area contributed by atoms with Crippen molar-refractivity contribution in [1.82, 2.24) is 15.6 Å². The van der Waals surface area contributed by atoms with Gasteiger partial charge in [-0.15, -0.1) is 0 Å². The summed E-state index contributed by atoms with van der Waals surface area (Å²) in [6.07, 6.45) is -7.73. The highest BCUT2D eigenvalue weighted by molar-refractivity contribution is 6.30. The predicted molar refractivity (Wildman–Crippen MR) is 166 cm³/mol. The number of halogens is 7. The normalized spacial score (nSPS) is 13.2. The first-order chi connectivity index (χ1) is 22.6. The van der Waals surface area contributed by atoms with E-state index in [1.54, 1.807) is 18.2 Å². The molecule has 0 aliphatic rings. The number of nitrogens with one attached hydrogen (secondary N) is 3. The molecule has 3 aromatic rings. The fourth-order valence-electron chi connectivity index (χ4n) is 4.18. The van der Waals surface area contributed by atoms with Gasteiger partial charge in [0, 0.05) is 29.2 Å². The zero-order valence-electron chi connectivity index (χ0n) is 26.6. The van der Waals surface area contributed by atoms with E-state index in [4.69, 9.17) is 36.1 Å². The minimum atomic E-state index is -5.08. The SMILES string of the molecule is COC(=O)[C@H](CC(C)C)NC(=O)c1cccc2c(CC(C)NC[C@H](O)c3cccc(Cl)c3)c[nH]c12.O=C(O)C(F)(F)F.O=C(O)C(F)(F)F. The Kier molecular flexibility index (Phi) is 16.5. The first-order valence-electron chi connectivity index (χ1n) is 14.3. The van der Waals surface area contributed by atoms with Crippen molar-refractivity contribution in [2.24, 2.45) is 5.92 Å². The Morgan fingerprint density at radius 3 is 1.98 bits per heavy atom. The van der Waals surface area contributed by atoms with Crippen LogP contribution in [-0.4, -0.2) is 82.2 Å². The van der Waals surface area contributed by atoms with Gasteiger partial charge in [-0.2, -0.15) is 26.3 Å². The molecule has 0 saturated carbocycles. The Balaban J connectivity index is 0.000000717. The largest absolute Gasteiger partial charge is 0.490 e. The van der Waals surface area contributed by atoms with E-state index < -0.39 is 42.4 Å². The molecule has 0 spiro atoms. The van der Waals surface area contributed by atoms with E-state index in [2.05, 4.69) is 15.6 Å². The monoisotopic (exact) mass is 727 g/mol. The van der Waals surface area contributed by atoms with Gasteiger partial charge in [-0.05, 0) is 55.0 Å². The molecule has 6 N–H and O–H groups in total. The number of carbonyl (C=O) groups is 4. The maximum absolute atomic E-state index is 13.1. The number of aliphatic hydroxyl groups is 1. The third-order valence-electron chi connectivity index (χ3n) is 6.45. The molecular formula is C31H36ClF6N3O8. The van der Waals surface area contributed by atoms with Gasteiger partial charge in [-0.1, -0.05) is 49.7 Å². The molecule has 1 aromatic heterocycles.